The average molecular weight is 329 g/mol. The molecular formula is C19H20FNO3. The van der Waals surface area contributed by atoms with Crippen molar-refractivity contribution in [3.63, 3.8) is 0 Å². The minimum atomic E-state index is -0.813. The Kier molecular flexibility index (Phi) is 5.68. The van der Waals surface area contributed by atoms with Gasteiger partial charge in [-0.3, -0.25) is 4.79 Å². The van der Waals surface area contributed by atoms with Crippen molar-refractivity contribution in [3.8, 4) is 0 Å². The van der Waals surface area contributed by atoms with Crippen LogP contribution in [0.25, 0.3) is 0 Å². The molecule has 0 saturated carbocycles. The smallest absolute Gasteiger partial charge is 0.328 e. The fraction of sp³-hybridized carbons (Fsp3) is 0.263. The number of aryl methyl sites for hydroxylation is 2. The Balaban J connectivity index is 2.21. The van der Waals surface area contributed by atoms with Crippen molar-refractivity contribution in [2.45, 2.75) is 26.3 Å². The second-order valence-corrected chi connectivity index (χ2v) is 5.63. The number of methoxy groups -OCH3 is 1. The third-order valence-electron chi connectivity index (χ3n) is 3.95. The largest absolute Gasteiger partial charge is 0.467 e. The minimum absolute atomic E-state index is 0.284. The van der Waals surface area contributed by atoms with E-state index in [2.05, 4.69) is 5.32 Å². The SMILES string of the molecule is COC(=O)[C@H](Cc1c(C)cccc1C)NC(=O)c1ccc(F)cc1. The Labute approximate surface area is 140 Å². The van der Waals surface area contributed by atoms with E-state index in [0.29, 0.717) is 6.42 Å². The molecule has 5 heteroatoms. The van der Waals surface area contributed by atoms with Gasteiger partial charge in [0.05, 0.1) is 7.11 Å². The van der Waals surface area contributed by atoms with Crippen LogP contribution in [0.2, 0.25) is 0 Å². The highest BCUT2D eigenvalue weighted by molar-refractivity contribution is 5.96. The van der Waals surface area contributed by atoms with E-state index in [1.807, 2.05) is 32.0 Å². The van der Waals surface area contributed by atoms with Gasteiger partial charge in [-0.25, -0.2) is 9.18 Å². The van der Waals surface area contributed by atoms with Crippen molar-refractivity contribution in [2.75, 3.05) is 7.11 Å². The average Bonchev–Trinajstić information content (AvgIpc) is 2.57. The van der Waals surface area contributed by atoms with Crippen molar-refractivity contribution in [2.24, 2.45) is 0 Å². The number of ether oxygens (including phenoxy) is 1. The van der Waals surface area contributed by atoms with Crippen molar-refractivity contribution >= 4 is 11.9 Å². The lowest BCUT2D eigenvalue weighted by Crippen LogP contribution is -2.43. The van der Waals surface area contributed by atoms with Crippen LogP contribution >= 0.6 is 0 Å². The van der Waals surface area contributed by atoms with E-state index in [1.54, 1.807) is 0 Å². The first kappa shape index (κ1) is 17.7. The lowest BCUT2D eigenvalue weighted by atomic mass is 9.96. The zero-order chi connectivity index (χ0) is 17.7. The first-order valence-electron chi connectivity index (χ1n) is 7.61. The summed E-state index contributed by atoms with van der Waals surface area (Å²) in [4.78, 5) is 24.4. The van der Waals surface area contributed by atoms with Gasteiger partial charge >= 0.3 is 5.97 Å². The highest BCUT2D eigenvalue weighted by Crippen LogP contribution is 2.16. The van der Waals surface area contributed by atoms with Crippen LogP contribution in [0.3, 0.4) is 0 Å². The number of rotatable bonds is 5. The van der Waals surface area contributed by atoms with E-state index in [-0.39, 0.29) is 5.56 Å². The summed E-state index contributed by atoms with van der Waals surface area (Å²) in [5.74, 6) is -1.39. The number of esters is 1. The van der Waals surface area contributed by atoms with Crippen LogP contribution in [-0.4, -0.2) is 25.0 Å². The fourth-order valence-electron chi connectivity index (χ4n) is 2.55. The van der Waals surface area contributed by atoms with Gasteiger partial charge in [-0.15, -0.1) is 0 Å². The Morgan fingerprint density at radius 2 is 1.67 bits per heavy atom. The minimum Gasteiger partial charge on any atom is -0.467 e. The zero-order valence-corrected chi connectivity index (χ0v) is 13.9. The summed E-state index contributed by atoms with van der Waals surface area (Å²) in [7, 11) is 1.28. The molecule has 1 atom stereocenters. The molecule has 0 aliphatic heterocycles. The van der Waals surface area contributed by atoms with Crippen molar-refractivity contribution in [1.82, 2.24) is 5.32 Å². The highest BCUT2D eigenvalue weighted by atomic mass is 19.1. The summed E-state index contributed by atoms with van der Waals surface area (Å²) in [5.41, 5.74) is 3.36. The Hall–Kier alpha value is -2.69. The maximum Gasteiger partial charge on any atom is 0.328 e. The standard InChI is InChI=1S/C19H20FNO3/c1-12-5-4-6-13(2)16(12)11-17(19(23)24-3)21-18(22)14-7-9-15(20)10-8-14/h4-10,17H,11H2,1-3H3,(H,21,22)/t17-/m0/s1. The molecule has 0 bridgehead atoms. The summed E-state index contributed by atoms with van der Waals surface area (Å²) >= 11 is 0. The molecule has 2 aromatic rings. The van der Waals surface area contributed by atoms with Crippen molar-refractivity contribution in [1.29, 1.82) is 0 Å². The van der Waals surface area contributed by atoms with Crippen LogP contribution in [0, 0.1) is 19.7 Å². The van der Waals surface area contributed by atoms with Crippen LogP contribution in [0.5, 0.6) is 0 Å². The molecule has 0 aromatic heterocycles. The maximum absolute atomic E-state index is 13.0. The predicted molar refractivity (Wildman–Crippen MR) is 89.3 cm³/mol. The summed E-state index contributed by atoms with van der Waals surface area (Å²) in [6.45, 7) is 3.91. The number of carbonyl (C=O) groups is 2. The monoisotopic (exact) mass is 329 g/mol. The molecule has 2 aromatic carbocycles. The zero-order valence-electron chi connectivity index (χ0n) is 13.9. The third kappa shape index (κ3) is 4.19. The number of hydrogen-bond acceptors (Lipinski definition) is 3. The van der Waals surface area contributed by atoms with Gasteiger partial charge in [-0.05, 0) is 54.8 Å². The second kappa shape index (κ2) is 7.73. The van der Waals surface area contributed by atoms with Gasteiger partial charge in [-0.1, -0.05) is 18.2 Å². The quantitative estimate of drug-likeness (QED) is 0.858. The van der Waals surface area contributed by atoms with Gasteiger partial charge in [0.1, 0.15) is 11.9 Å². The fourth-order valence-corrected chi connectivity index (χ4v) is 2.55. The van der Waals surface area contributed by atoms with E-state index in [0.717, 1.165) is 16.7 Å². The molecule has 24 heavy (non-hydrogen) atoms. The highest BCUT2D eigenvalue weighted by Gasteiger charge is 2.24. The van der Waals surface area contributed by atoms with Gasteiger partial charge in [0.25, 0.3) is 5.91 Å². The van der Waals surface area contributed by atoms with E-state index < -0.39 is 23.7 Å². The van der Waals surface area contributed by atoms with E-state index >= 15 is 0 Å². The normalized spacial score (nSPS) is 11.7. The molecule has 0 radical (unpaired) electrons. The van der Waals surface area contributed by atoms with Gasteiger partial charge in [0.2, 0.25) is 0 Å². The van der Waals surface area contributed by atoms with Crippen LogP contribution < -0.4 is 5.32 Å². The van der Waals surface area contributed by atoms with Crippen LogP contribution in [0.1, 0.15) is 27.0 Å². The van der Waals surface area contributed by atoms with Crippen LogP contribution in [0.15, 0.2) is 42.5 Å². The number of halogens is 1. The van der Waals surface area contributed by atoms with Crippen molar-refractivity contribution < 1.29 is 18.7 Å². The number of benzene rings is 2. The molecule has 0 heterocycles. The molecule has 2 rings (SSSR count). The lowest BCUT2D eigenvalue weighted by molar-refractivity contribution is -0.142. The number of hydrogen-bond donors (Lipinski definition) is 1. The molecule has 0 spiro atoms. The number of carbonyl (C=O) groups excluding carboxylic acids is 2. The Morgan fingerprint density at radius 1 is 1.08 bits per heavy atom. The van der Waals surface area contributed by atoms with Gasteiger partial charge in [0, 0.05) is 12.0 Å². The van der Waals surface area contributed by atoms with Crippen LogP contribution in [-0.2, 0) is 16.0 Å². The van der Waals surface area contributed by atoms with Gasteiger partial charge in [-0.2, -0.15) is 0 Å². The van der Waals surface area contributed by atoms with E-state index in [9.17, 15) is 14.0 Å². The Morgan fingerprint density at radius 3 is 2.21 bits per heavy atom. The molecule has 1 N–H and O–H groups in total. The second-order valence-electron chi connectivity index (χ2n) is 5.63. The summed E-state index contributed by atoms with van der Waals surface area (Å²) in [6, 6.07) is 10.2. The molecule has 0 fully saturated rings. The third-order valence-corrected chi connectivity index (χ3v) is 3.95. The number of nitrogens with one attached hydrogen (secondary N) is 1. The molecule has 0 saturated heterocycles. The molecule has 0 aliphatic carbocycles. The topological polar surface area (TPSA) is 55.4 Å². The summed E-state index contributed by atoms with van der Waals surface area (Å²) < 4.78 is 17.8. The molecule has 0 aliphatic rings. The van der Waals surface area contributed by atoms with Gasteiger partial charge < -0.3 is 10.1 Å². The molecule has 4 nitrogen and oxygen atoms in total. The maximum atomic E-state index is 13.0. The molecule has 126 valence electrons. The molecule has 1 amide bonds. The van der Waals surface area contributed by atoms with E-state index in [4.69, 9.17) is 4.74 Å². The Bertz CT molecular complexity index is 721. The van der Waals surface area contributed by atoms with Crippen molar-refractivity contribution in [3.05, 3.63) is 70.5 Å². The predicted octanol–water partition coefficient (Wildman–Crippen LogP) is 2.96. The number of amides is 1. The molecular weight excluding hydrogens is 309 g/mol. The first-order valence-corrected chi connectivity index (χ1v) is 7.61. The first-order chi connectivity index (χ1) is 11.4. The summed E-state index contributed by atoms with van der Waals surface area (Å²) in [5, 5.41) is 2.67. The lowest BCUT2D eigenvalue weighted by Gasteiger charge is -2.19. The summed E-state index contributed by atoms with van der Waals surface area (Å²) in [6.07, 6.45) is 0.331. The van der Waals surface area contributed by atoms with Gasteiger partial charge in [0.15, 0.2) is 0 Å². The van der Waals surface area contributed by atoms with Crippen LogP contribution in [0.4, 0.5) is 4.39 Å². The van der Waals surface area contributed by atoms with E-state index in [1.165, 1.54) is 31.4 Å². The molecule has 0 unspecified atom stereocenters.